The second-order valence-corrected chi connectivity index (χ2v) is 3.84. The number of hydrogen-bond acceptors (Lipinski definition) is 3. The summed E-state index contributed by atoms with van der Waals surface area (Å²) < 4.78 is 0. The van der Waals surface area contributed by atoms with Gasteiger partial charge in [-0.05, 0) is 12.5 Å². The molecule has 1 heterocycles. The number of nitrogens with zero attached hydrogens (tertiary/aromatic N) is 2. The number of nitrogens with one attached hydrogen (secondary N) is 1. The van der Waals surface area contributed by atoms with Crippen LogP contribution in [0.1, 0.15) is 38.3 Å². The van der Waals surface area contributed by atoms with Crippen LogP contribution in [0.5, 0.6) is 0 Å². The molecule has 0 aromatic carbocycles. The Bertz CT molecular complexity index is 254. The second kappa shape index (κ2) is 4.37. The molecule has 0 aliphatic heterocycles. The number of hydrogen-bond donors (Lipinski definition) is 2. The molecule has 0 spiro atoms. The highest BCUT2D eigenvalue weighted by atomic mass is 15.2. The van der Waals surface area contributed by atoms with Gasteiger partial charge in [-0.3, -0.25) is 5.10 Å². The van der Waals surface area contributed by atoms with Gasteiger partial charge in [-0.25, -0.2) is 4.98 Å². The van der Waals surface area contributed by atoms with Gasteiger partial charge in [0.15, 0.2) is 5.82 Å². The molecule has 13 heavy (non-hydrogen) atoms. The first-order valence-electron chi connectivity index (χ1n) is 4.74. The number of aromatic amines is 1. The molecule has 0 saturated heterocycles. The van der Waals surface area contributed by atoms with E-state index in [0.717, 1.165) is 18.1 Å². The molecular weight excluding hydrogens is 164 g/mol. The van der Waals surface area contributed by atoms with E-state index < -0.39 is 0 Å². The molecule has 1 aromatic heterocycles. The Kier molecular flexibility index (Phi) is 3.42. The maximum absolute atomic E-state index is 5.52. The third kappa shape index (κ3) is 2.81. The highest BCUT2D eigenvalue weighted by Gasteiger charge is 2.08. The standard InChI is InChI=1S/C9H18N4/c1-6(2)9-11-8(12-13-9)4-7(3)5-10/h6-7H,4-5,10H2,1-3H3,(H,11,12,13). The first-order chi connectivity index (χ1) is 6.13. The molecule has 74 valence electrons. The van der Waals surface area contributed by atoms with Crippen LogP contribution < -0.4 is 5.73 Å². The molecule has 1 aromatic rings. The summed E-state index contributed by atoms with van der Waals surface area (Å²) in [5, 5.41) is 7.06. The predicted molar refractivity (Wildman–Crippen MR) is 52.4 cm³/mol. The highest BCUT2D eigenvalue weighted by Crippen LogP contribution is 2.09. The first kappa shape index (κ1) is 10.2. The van der Waals surface area contributed by atoms with Gasteiger partial charge in [0.1, 0.15) is 5.82 Å². The van der Waals surface area contributed by atoms with Gasteiger partial charge >= 0.3 is 0 Å². The van der Waals surface area contributed by atoms with Gasteiger partial charge in [0.2, 0.25) is 0 Å². The van der Waals surface area contributed by atoms with E-state index in [0.29, 0.717) is 18.4 Å². The maximum atomic E-state index is 5.52. The van der Waals surface area contributed by atoms with Gasteiger partial charge in [-0.15, -0.1) is 0 Å². The van der Waals surface area contributed by atoms with Gasteiger partial charge in [0.25, 0.3) is 0 Å². The Morgan fingerprint density at radius 1 is 1.38 bits per heavy atom. The van der Waals surface area contributed by atoms with Gasteiger partial charge in [-0.1, -0.05) is 20.8 Å². The molecule has 1 rings (SSSR count). The third-order valence-corrected chi connectivity index (χ3v) is 2.01. The summed E-state index contributed by atoms with van der Waals surface area (Å²) in [5.41, 5.74) is 5.52. The molecule has 0 radical (unpaired) electrons. The minimum Gasteiger partial charge on any atom is -0.330 e. The molecule has 0 aliphatic rings. The van der Waals surface area contributed by atoms with Crippen LogP contribution in [0.2, 0.25) is 0 Å². The molecule has 3 N–H and O–H groups in total. The van der Waals surface area contributed by atoms with Crippen molar-refractivity contribution in [1.82, 2.24) is 15.2 Å². The van der Waals surface area contributed by atoms with Crippen molar-refractivity contribution < 1.29 is 0 Å². The summed E-state index contributed by atoms with van der Waals surface area (Å²) in [6, 6.07) is 0. The van der Waals surface area contributed by atoms with E-state index in [9.17, 15) is 0 Å². The Hall–Kier alpha value is -0.900. The van der Waals surface area contributed by atoms with E-state index in [1.807, 2.05) is 0 Å². The number of nitrogens with two attached hydrogens (primary N) is 1. The minimum absolute atomic E-state index is 0.387. The minimum atomic E-state index is 0.387. The smallest absolute Gasteiger partial charge is 0.153 e. The van der Waals surface area contributed by atoms with E-state index in [4.69, 9.17) is 5.73 Å². The van der Waals surface area contributed by atoms with E-state index in [1.54, 1.807) is 0 Å². The fraction of sp³-hybridized carbons (Fsp3) is 0.778. The number of aromatic nitrogens is 3. The SMILES string of the molecule is CC(CN)Cc1nc(C(C)C)n[nH]1. The van der Waals surface area contributed by atoms with Crippen molar-refractivity contribution in [2.45, 2.75) is 33.1 Å². The van der Waals surface area contributed by atoms with Crippen LogP contribution in [0, 0.1) is 5.92 Å². The monoisotopic (exact) mass is 182 g/mol. The summed E-state index contributed by atoms with van der Waals surface area (Å²) in [5.74, 6) is 2.69. The first-order valence-corrected chi connectivity index (χ1v) is 4.74. The van der Waals surface area contributed by atoms with Crippen LogP contribution in [-0.2, 0) is 6.42 Å². The summed E-state index contributed by atoms with van der Waals surface area (Å²) in [7, 11) is 0. The number of rotatable bonds is 4. The van der Waals surface area contributed by atoms with Gasteiger partial charge < -0.3 is 5.73 Å². The van der Waals surface area contributed by atoms with E-state index in [2.05, 4.69) is 36.0 Å². The zero-order valence-electron chi connectivity index (χ0n) is 8.54. The lowest BCUT2D eigenvalue weighted by molar-refractivity contribution is 0.574. The lowest BCUT2D eigenvalue weighted by Crippen LogP contribution is -2.13. The Morgan fingerprint density at radius 3 is 2.54 bits per heavy atom. The van der Waals surface area contributed by atoms with Crippen molar-refractivity contribution in [3.05, 3.63) is 11.6 Å². The summed E-state index contributed by atoms with van der Waals surface area (Å²) in [6.45, 7) is 6.97. The molecule has 0 saturated carbocycles. The zero-order chi connectivity index (χ0) is 9.84. The van der Waals surface area contributed by atoms with E-state index in [-0.39, 0.29) is 0 Å². The fourth-order valence-electron chi connectivity index (χ4n) is 1.07. The van der Waals surface area contributed by atoms with Crippen LogP contribution in [0.15, 0.2) is 0 Å². The van der Waals surface area contributed by atoms with Crippen molar-refractivity contribution in [2.75, 3.05) is 6.54 Å². The topological polar surface area (TPSA) is 67.6 Å². The molecule has 4 heteroatoms. The van der Waals surface area contributed by atoms with E-state index >= 15 is 0 Å². The second-order valence-electron chi connectivity index (χ2n) is 3.84. The average Bonchev–Trinajstić information content (AvgIpc) is 2.52. The largest absolute Gasteiger partial charge is 0.330 e. The Labute approximate surface area is 78.9 Å². The van der Waals surface area contributed by atoms with Gasteiger partial charge in [0.05, 0.1) is 0 Å². The normalized spacial score (nSPS) is 13.6. The van der Waals surface area contributed by atoms with Crippen LogP contribution in [0.25, 0.3) is 0 Å². The van der Waals surface area contributed by atoms with Crippen molar-refractivity contribution in [1.29, 1.82) is 0 Å². The predicted octanol–water partition coefficient (Wildman–Crippen LogP) is 1.07. The van der Waals surface area contributed by atoms with Crippen molar-refractivity contribution >= 4 is 0 Å². The molecular formula is C9H18N4. The molecule has 0 fully saturated rings. The molecule has 1 atom stereocenters. The van der Waals surface area contributed by atoms with Crippen LogP contribution in [0.3, 0.4) is 0 Å². The Morgan fingerprint density at radius 2 is 2.08 bits per heavy atom. The van der Waals surface area contributed by atoms with Crippen LogP contribution in [-0.4, -0.2) is 21.7 Å². The fourth-order valence-corrected chi connectivity index (χ4v) is 1.07. The maximum Gasteiger partial charge on any atom is 0.153 e. The van der Waals surface area contributed by atoms with E-state index in [1.165, 1.54) is 0 Å². The summed E-state index contributed by atoms with van der Waals surface area (Å²) >= 11 is 0. The summed E-state index contributed by atoms with van der Waals surface area (Å²) in [4.78, 5) is 4.38. The lowest BCUT2D eigenvalue weighted by atomic mass is 10.1. The molecule has 0 bridgehead atoms. The molecule has 0 aliphatic carbocycles. The highest BCUT2D eigenvalue weighted by molar-refractivity contribution is 4.95. The molecule has 0 amide bonds. The number of H-pyrrole nitrogens is 1. The van der Waals surface area contributed by atoms with Crippen LogP contribution >= 0.6 is 0 Å². The summed E-state index contributed by atoms with van der Waals surface area (Å²) in [6.07, 6.45) is 0.885. The third-order valence-electron chi connectivity index (χ3n) is 2.01. The Balaban J connectivity index is 2.58. The van der Waals surface area contributed by atoms with Gasteiger partial charge in [-0.2, -0.15) is 5.10 Å². The van der Waals surface area contributed by atoms with Crippen molar-refractivity contribution in [2.24, 2.45) is 11.7 Å². The van der Waals surface area contributed by atoms with Crippen molar-refractivity contribution in [3.63, 3.8) is 0 Å². The molecule has 4 nitrogen and oxygen atoms in total. The quantitative estimate of drug-likeness (QED) is 0.731. The van der Waals surface area contributed by atoms with Crippen molar-refractivity contribution in [3.8, 4) is 0 Å². The average molecular weight is 182 g/mol. The van der Waals surface area contributed by atoms with Gasteiger partial charge in [0, 0.05) is 12.3 Å². The molecule has 1 unspecified atom stereocenters. The van der Waals surface area contributed by atoms with Crippen LogP contribution in [0.4, 0.5) is 0 Å². The lowest BCUT2D eigenvalue weighted by Gasteiger charge is -2.03. The zero-order valence-corrected chi connectivity index (χ0v) is 8.54.